The van der Waals surface area contributed by atoms with E-state index in [-0.39, 0.29) is 0 Å². The smallest absolute Gasteiger partial charge is 0.330 e. The molecular formula is C16H19N3O3. The van der Waals surface area contributed by atoms with Crippen LogP contribution >= 0.6 is 0 Å². The highest BCUT2D eigenvalue weighted by Gasteiger charge is 2.25. The topological polar surface area (TPSA) is 84.2 Å². The van der Waals surface area contributed by atoms with Gasteiger partial charge in [0.2, 0.25) is 0 Å². The maximum absolute atomic E-state index is 12.2. The van der Waals surface area contributed by atoms with Crippen molar-refractivity contribution in [3.8, 4) is 0 Å². The number of rotatable bonds is 5. The van der Waals surface area contributed by atoms with Crippen LogP contribution in [-0.4, -0.2) is 26.8 Å². The highest BCUT2D eigenvalue weighted by atomic mass is 16.4. The van der Waals surface area contributed by atoms with Crippen LogP contribution in [0.3, 0.4) is 0 Å². The third kappa shape index (κ3) is 3.16. The minimum absolute atomic E-state index is 0.346. The average Bonchev–Trinajstić information content (AvgIpc) is 2.96. The number of nitrogens with one attached hydrogen (secondary N) is 1. The highest BCUT2D eigenvalue weighted by Crippen LogP contribution is 2.21. The van der Waals surface area contributed by atoms with E-state index in [0.29, 0.717) is 17.7 Å². The summed E-state index contributed by atoms with van der Waals surface area (Å²) in [7, 11) is 0. The molecule has 1 aromatic carbocycles. The molecule has 0 fully saturated rings. The molecule has 0 aliphatic rings. The molecule has 0 bridgehead atoms. The zero-order chi connectivity index (χ0) is 16.3. The maximum atomic E-state index is 12.2. The van der Waals surface area contributed by atoms with Crippen molar-refractivity contribution in [1.29, 1.82) is 0 Å². The number of aromatic nitrogens is 2. The van der Waals surface area contributed by atoms with Gasteiger partial charge in [0, 0.05) is 12.7 Å². The molecule has 6 nitrogen and oxygen atoms in total. The number of hydrogen-bond acceptors (Lipinski definition) is 3. The number of aliphatic carboxylic acids is 1. The molecule has 22 heavy (non-hydrogen) atoms. The number of carboxylic acid groups (broad SMARTS) is 1. The Hall–Kier alpha value is -2.63. The Morgan fingerprint density at radius 3 is 2.68 bits per heavy atom. The van der Waals surface area contributed by atoms with Crippen LogP contribution < -0.4 is 5.32 Å². The van der Waals surface area contributed by atoms with Gasteiger partial charge in [-0.1, -0.05) is 18.2 Å². The van der Waals surface area contributed by atoms with Crippen molar-refractivity contribution >= 4 is 11.9 Å². The molecule has 0 spiro atoms. The molecule has 0 saturated carbocycles. The van der Waals surface area contributed by atoms with Crippen molar-refractivity contribution in [2.75, 3.05) is 0 Å². The first-order valence-electron chi connectivity index (χ1n) is 7.06. The Kier molecular flexibility index (Phi) is 4.60. The molecule has 1 atom stereocenters. The monoisotopic (exact) mass is 301 g/mol. The number of carboxylic acids is 1. The fourth-order valence-corrected chi connectivity index (χ4v) is 2.23. The van der Waals surface area contributed by atoms with E-state index in [2.05, 4.69) is 10.4 Å². The summed E-state index contributed by atoms with van der Waals surface area (Å²) < 4.78 is 1.61. The van der Waals surface area contributed by atoms with E-state index in [1.54, 1.807) is 23.0 Å². The lowest BCUT2D eigenvalue weighted by atomic mass is 9.97. The predicted octanol–water partition coefficient (Wildman–Crippen LogP) is 2.08. The second kappa shape index (κ2) is 6.43. The first kappa shape index (κ1) is 15.8. The van der Waals surface area contributed by atoms with Crippen molar-refractivity contribution in [1.82, 2.24) is 15.1 Å². The van der Waals surface area contributed by atoms with Crippen molar-refractivity contribution in [3.05, 3.63) is 52.8 Å². The molecule has 1 amide bonds. The third-order valence-electron chi connectivity index (χ3n) is 3.70. The summed E-state index contributed by atoms with van der Waals surface area (Å²) in [5.74, 6) is -1.54. The molecule has 2 rings (SSSR count). The van der Waals surface area contributed by atoms with Crippen molar-refractivity contribution in [3.63, 3.8) is 0 Å². The first-order valence-corrected chi connectivity index (χ1v) is 7.06. The van der Waals surface area contributed by atoms with Gasteiger partial charge in [-0.2, -0.15) is 5.10 Å². The zero-order valence-electron chi connectivity index (χ0n) is 12.8. The van der Waals surface area contributed by atoms with Crippen LogP contribution in [0.25, 0.3) is 0 Å². The van der Waals surface area contributed by atoms with E-state index in [0.717, 1.165) is 11.1 Å². The third-order valence-corrected chi connectivity index (χ3v) is 3.70. The van der Waals surface area contributed by atoms with Gasteiger partial charge >= 0.3 is 5.97 Å². The SMILES string of the molecule is CCn1cc(C(=O)NC(C(=O)O)c2cccc(C)c2C)cn1. The van der Waals surface area contributed by atoms with Crippen LogP contribution in [0.5, 0.6) is 0 Å². The molecule has 1 unspecified atom stereocenters. The van der Waals surface area contributed by atoms with Gasteiger partial charge in [0.1, 0.15) is 0 Å². The number of benzene rings is 1. The number of carbonyl (C=O) groups excluding carboxylic acids is 1. The van der Waals surface area contributed by atoms with Crippen molar-refractivity contribution in [2.24, 2.45) is 0 Å². The summed E-state index contributed by atoms with van der Waals surface area (Å²) in [6.07, 6.45) is 3.03. The second-order valence-electron chi connectivity index (χ2n) is 5.12. The van der Waals surface area contributed by atoms with Crippen LogP contribution in [0, 0.1) is 13.8 Å². The van der Waals surface area contributed by atoms with Crippen LogP contribution in [0.1, 0.15) is 40.0 Å². The molecule has 116 valence electrons. The largest absolute Gasteiger partial charge is 0.479 e. The lowest BCUT2D eigenvalue weighted by Crippen LogP contribution is -2.34. The van der Waals surface area contributed by atoms with E-state index >= 15 is 0 Å². The Morgan fingerprint density at radius 2 is 2.09 bits per heavy atom. The van der Waals surface area contributed by atoms with E-state index in [4.69, 9.17) is 0 Å². The summed E-state index contributed by atoms with van der Waals surface area (Å²) in [5, 5.41) is 16.0. The molecule has 1 aromatic heterocycles. The van der Waals surface area contributed by atoms with Gasteiger partial charge in [-0.05, 0) is 37.5 Å². The molecule has 0 aliphatic carbocycles. The fraction of sp³-hybridized carbons (Fsp3) is 0.312. The summed E-state index contributed by atoms with van der Waals surface area (Å²) in [6, 6.07) is 4.33. The van der Waals surface area contributed by atoms with Crippen LogP contribution in [-0.2, 0) is 11.3 Å². The zero-order valence-corrected chi connectivity index (χ0v) is 12.8. The van der Waals surface area contributed by atoms with Gasteiger partial charge < -0.3 is 10.4 Å². The standard InChI is InChI=1S/C16H19N3O3/c1-4-19-9-12(8-17-19)15(20)18-14(16(21)22)13-7-5-6-10(2)11(13)3/h5-9,14H,4H2,1-3H3,(H,18,20)(H,21,22). The number of aryl methyl sites for hydroxylation is 2. The molecule has 0 aliphatic heterocycles. The summed E-state index contributed by atoms with van der Waals surface area (Å²) in [4.78, 5) is 23.8. The first-order chi connectivity index (χ1) is 10.4. The van der Waals surface area contributed by atoms with E-state index < -0.39 is 17.9 Å². The highest BCUT2D eigenvalue weighted by molar-refractivity contribution is 5.96. The summed E-state index contributed by atoms with van der Waals surface area (Å²) >= 11 is 0. The number of carbonyl (C=O) groups is 2. The van der Waals surface area contributed by atoms with Gasteiger partial charge in [0.15, 0.2) is 6.04 Å². The minimum atomic E-state index is -1.09. The lowest BCUT2D eigenvalue weighted by molar-refractivity contribution is -0.139. The van der Waals surface area contributed by atoms with Crippen molar-refractivity contribution in [2.45, 2.75) is 33.4 Å². The predicted molar refractivity (Wildman–Crippen MR) is 81.7 cm³/mol. The normalized spacial score (nSPS) is 12.0. The number of hydrogen-bond donors (Lipinski definition) is 2. The molecule has 2 aromatic rings. The molecule has 1 heterocycles. The Morgan fingerprint density at radius 1 is 1.36 bits per heavy atom. The van der Waals surface area contributed by atoms with Gasteiger partial charge in [0.25, 0.3) is 5.91 Å². The quantitative estimate of drug-likeness (QED) is 0.885. The second-order valence-corrected chi connectivity index (χ2v) is 5.12. The Bertz CT molecular complexity index is 706. The molecule has 0 saturated heterocycles. The molecule has 6 heteroatoms. The maximum Gasteiger partial charge on any atom is 0.330 e. The Balaban J connectivity index is 2.27. The van der Waals surface area contributed by atoms with Gasteiger partial charge in [-0.25, -0.2) is 4.79 Å². The molecule has 0 radical (unpaired) electrons. The van der Waals surface area contributed by atoms with Crippen molar-refractivity contribution < 1.29 is 14.7 Å². The summed E-state index contributed by atoms with van der Waals surface area (Å²) in [5.41, 5.74) is 2.78. The van der Waals surface area contributed by atoms with Crippen LogP contribution in [0.2, 0.25) is 0 Å². The molecule has 2 N–H and O–H groups in total. The number of amides is 1. The van der Waals surface area contributed by atoms with E-state index in [9.17, 15) is 14.7 Å². The summed E-state index contributed by atoms with van der Waals surface area (Å²) in [6.45, 7) is 6.31. The average molecular weight is 301 g/mol. The van der Waals surface area contributed by atoms with E-state index in [1.807, 2.05) is 26.8 Å². The van der Waals surface area contributed by atoms with Gasteiger partial charge in [-0.3, -0.25) is 9.48 Å². The number of nitrogens with zero attached hydrogens (tertiary/aromatic N) is 2. The van der Waals surface area contributed by atoms with E-state index in [1.165, 1.54) is 6.20 Å². The van der Waals surface area contributed by atoms with Crippen LogP contribution in [0.4, 0.5) is 0 Å². The van der Waals surface area contributed by atoms with Gasteiger partial charge in [-0.15, -0.1) is 0 Å². The fourth-order valence-electron chi connectivity index (χ4n) is 2.23. The van der Waals surface area contributed by atoms with Gasteiger partial charge in [0.05, 0.1) is 11.8 Å². The lowest BCUT2D eigenvalue weighted by Gasteiger charge is -2.17. The molecular weight excluding hydrogens is 282 g/mol. The minimum Gasteiger partial charge on any atom is -0.479 e. The Labute approximate surface area is 128 Å². The van der Waals surface area contributed by atoms with Crippen LogP contribution in [0.15, 0.2) is 30.6 Å².